The average Bonchev–Trinajstić information content (AvgIpc) is 2.11. The highest BCUT2D eigenvalue weighted by molar-refractivity contribution is 6.32. The molecule has 1 N–H and O–H groups in total. The van der Waals surface area contributed by atoms with Gasteiger partial charge in [0.2, 0.25) is 5.90 Å². The minimum Gasteiger partial charge on any atom is -0.495 e. The number of hydrogen-bond acceptors (Lipinski definition) is 2. The molecule has 3 nitrogen and oxygen atoms in total. The quantitative estimate of drug-likeness (QED) is 0.708. The number of allylic oxidation sites excluding steroid dienone is 1. The highest BCUT2D eigenvalue weighted by atomic mass is 35.5. The van der Waals surface area contributed by atoms with Crippen molar-refractivity contribution in [2.75, 3.05) is 13.7 Å². The summed E-state index contributed by atoms with van der Waals surface area (Å²) in [5, 5.41) is 9.79. The van der Waals surface area contributed by atoms with Crippen LogP contribution in [-0.2, 0) is 4.74 Å². The average molecular weight is 202 g/mol. The fourth-order valence-electron chi connectivity index (χ4n) is 1.03. The van der Waals surface area contributed by atoms with Gasteiger partial charge in [-0.15, -0.1) is 0 Å². The molecule has 0 spiro atoms. The molecule has 1 heterocycles. The Balaban J connectivity index is 3.06. The van der Waals surface area contributed by atoms with Crippen LogP contribution in [0.2, 0.25) is 0 Å². The Morgan fingerprint density at radius 1 is 1.62 bits per heavy atom. The van der Waals surface area contributed by atoms with Crippen molar-refractivity contribution in [3.63, 3.8) is 0 Å². The summed E-state index contributed by atoms with van der Waals surface area (Å²) in [6.45, 7) is 2.48. The monoisotopic (exact) mass is 201 g/mol. The van der Waals surface area contributed by atoms with Crippen molar-refractivity contribution < 1.29 is 9.84 Å². The van der Waals surface area contributed by atoms with E-state index in [1.165, 1.54) is 13.2 Å². The number of nitrogens with zero attached hydrogens (tertiary/aromatic N) is 1. The molecule has 0 atom stereocenters. The molecular weight excluding hydrogens is 190 g/mol. The first-order chi connectivity index (χ1) is 6.15. The summed E-state index contributed by atoms with van der Waals surface area (Å²) in [4.78, 5) is 3.89. The number of aliphatic hydroxyl groups excluding tert-OH is 1. The molecule has 0 aromatic heterocycles. The molecule has 13 heavy (non-hydrogen) atoms. The van der Waals surface area contributed by atoms with Crippen LogP contribution in [0, 0.1) is 0 Å². The third-order valence-corrected chi connectivity index (χ3v) is 2.34. The number of methoxy groups -OCH3 is 1. The second kappa shape index (κ2) is 4.33. The van der Waals surface area contributed by atoms with Crippen LogP contribution in [0.4, 0.5) is 0 Å². The highest BCUT2D eigenvalue weighted by Crippen LogP contribution is 2.23. The largest absolute Gasteiger partial charge is 0.495 e. The van der Waals surface area contributed by atoms with Crippen LogP contribution in [-0.4, -0.2) is 24.7 Å². The summed E-state index contributed by atoms with van der Waals surface area (Å²) < 4.78 is 5.01. The Hall–Kier alpha value is -0.960. The Bertz CT molecular complexity index is 292. The third-order valence-electron chi connectivity index (χ3n) is 1.83. The zero-order chi connectivity index (χ0) is 9.84. The van der Waals surface area contributed by atoms with E-state index in [-0.39, 0.29) is 5.90 Å². The smallest absolute Gasteiger partial charge is 0.209 e. The predicted molar refractivity (Wildman–Crippen MR) is 53.2 cm³/mol. The Morgan fingerprint density at radius 2 is 2.31 bits per heavy atom. The van der Waals surface area contributed by atoms with Crippen molar-refractivity contribution in [1.29, 1.82) is 0 Å². The molecule has 4 heteroatoms. The van der Waals surface area contributed by atoms with Gasteiger partial charge in [0.15, 0.2) is 0 Å². The fourth-order valence-corrected chi connectivity index (χ4v) is 1.26. The summed E-state index contributed by atoms with van der Waals surface area (Å²) in [5.74, 6) is 0.419. The van der Waals surface area contributed by atoms with Crippen molar-refractivity contribution in [3.8, 4) is 0 Å². The highest BCUT2D eigenvalue weighted by Gasteiger charge is 2.10. The maximum Gasteiger partial charge on any atom is 0.209 e. The van der Waals surface area contributed by atoms with E-state index in [0.29, 0.717) is 17.3 Å². The lowest BCUT2D eigenvalue weighted by Crippen LogP contribution is -2.03. The number of aliphatic hydroxyl groups is 1. The van der Waals surface area contributed by atoms with Crippen molar-refractivity contribution in [2.24, 2.45) is 4.99 Å². The maximum atomic E-state index is 9.23. The molecule has 1 aliphatic heterocycles. The van der Waals surface area contributed by atoms with Crippen molar-refractivity contribution >= 4 is 17.5 Å². The summed E-state index contributed by atoms with van der Waals surface area (Å²) in [7, 11) is 1.51. The van der Waals surface area contributed by atoms with Gasteiger partial charge < -0.3 is 9.84 Å². The number of ether oxygens (including phenoxy) is 1. The van der Waals surface area contributed by atoms with Gasteiger partial charge in [-0.05, 0) is 18.9 Å². The van der Waals surface area contributed by atoms with Crippen LogP contribution in [0.15, 0.2) is 27.4 Å². The number of aliphatic imine (C=N–C) groups is 1. The topological polar surface area (TPSA) is 41.8 Å². The van der Waals surface area contributed by atoms with Crippen molar-refractivity contribution in [1.82, 2.24) is 0 Å². The van der Waals surface area contributed by atoms with E-state index in [9.17, 15) is 5.11 Å². The number of hydrogen-bond donors (Lipinski definition) is 1. The normalized spacial score (nSPS) is 32.2. The summed E-state index contributed by atoms with van der Waals surface area (Å²) in [5.41, 5.74) is 1.02. The van der Waals surface area contributed by atoms with E-state index in [2.05, 4.69) is 4.99 Å². The maximum absolute atomic E-state index is 9.23. The standard InChI is InChI=1S/C9H12ClNO2/c1-6-3-4-11-8(12)5-7(13-2)9(6)10/h5H,3-4H2,1-2H3,(H,11,12)/b7-5+,9-6-. The van der Waals surface area contributed by atoms with Gasteiger partial charge in [0.05, 0.1) is 12.1 Å². The van der Waals surface area contributed by atoms with E-state index in [1.807, 2.05) is 6.92 Å². The van der Waals surface area contributed by atoms with Crippen LogP contribution in [0.3, 0.4) is 0 Å². The first kappa shape index (κ1) is 10.1. The SMILES string of the molecule is COC1=C/C(O)=N\CC\C(C)=C\1Cl. The molecule has 0 aromatic rings. The molecule has 0 fully saturated rings. The van der Waals surface area contributed by atoms with Gasteiger partial charge in [-0.3, -0.25) is 4.99 Å². The molecule has 0 saturated carbocycles. The van der Waals surface area contributed by atoms with Gasteiger partial charge in [0.1, 0.15) is 5.76 Å². The van der Waals surface area contributed by atoms with Crippen molar-refractivity contribution in [2.45, 2.75) is 13.3 Å². The Morgan fingerprint density at radius 3 is 2.92 bits per heavy atom. The molecule has 0 bridgehead atoms. The lowest BCUT2D eigenvalue weighted by Gasteiger charge is -2.10. The third kappa shape index (κ3) is 2.49. The molecule has 1 aliphatic rings. The molecule has 1 rings (SSSR count). The van der Waals surface area contributed by atoms with Gasteiger partial charge >= 0.3 is 0 Å². The van der Waals surface area contributed by atoms with Gasteiger partial charge in [-0.1, -0.05) is 11.6 Å². The zero-order valence-electron chi connectivity index (χ0n) is 7.67. The second-order valence-electron chi connectivity index (χ2n) is 2.80. The number of rotatable bonds is 1. The summed E-state index contributed by atoms with van der Waals surface area (Å²) >= 11 is 6.00. The van der Waals surface area contributed by atoms with Crippen LogP contribution in [0.1, 0.15) is 13.3 Å². The first-order valence-electron chi connectivity index (χ1n) is 4.00. The van der Waals surface area contributed by atoms with E-state index in [1.54, 1.807) is 0 Å². The van der Waals surface area contributed by atoms with Crippen molar-refractivity contribution in [3.05, 3.63) is 22.4 Å². The fraction of sp³-hybridized carbons (Fsp3) is 0.444. The van der Waals surface area contributed by atoms with Crippen LogP contribution >= 0.6 is 11.6 Å². The molecule has 0 aromatic carbocycles. The van der Waals surface area contributed by atoms with Crippen LogP contribution < -0.4 is 0 Å². The Labute approximate surface area is 82.4 Å². The molecule has 0 aliphatic carbocycles. The minimum absolute atomic E-state index is 0.0394. The van der Waals surface area contributed by atoms with E-state index in [0.717, 1.165) is 12.0 Å². The number of halogens is 1. The molecular formula is C9H12ClNO2. The van der Waals surface area contributed by atoms with Gasteiger partial charge in [-0.25, -0.2) is 0 Å². The van der Waals surface area contributed by atoms with E-state index < -0.39 is 0 Å². The van der Waals surface area contributed by atoms with Crippen LogP contribution in [0.25, 0.3) is 0 Å². The molecule has 0 saturated heterocycles. The molecule has 0 amide bonds. The summed E-state index contributed by atoms with van der Waals surface area (Å²) in [6, 6.07) is 0. The molecule has 0 radical (unpaired) electrons. The Kier molecular flexibility index (Phi) is 3.37. The predicted octanol–water partition coefficient (Wildman–Crippen LogP) is 2.39. The molecule has 72 valence electrons. The lowest BCUT2D eigenvalue weighted by molar-refractivity contribution is 0.303. The second-order valence-corrected chi connectivity index (χ2v) is 3.17. The van der Waals surface area contributed by atoms with Gasteiger partial charge in [0.25, 0.3) is 0 Å². The zero-order valence-corrected chi connectivity index (χ0v) is 8.43. The molecule has 0 unspecified atom stereocenters. The minimum atomic E-state index is -0.0394. The van der Waals surface area contributed by atoms with E-state index >= 15 is 0 Å². The van der Waals surface area contributed by atoms with E-state index in [4.69, 9.17) is 16.3 Å². The summed E-state index contributed by atoms with van der Waals surface area (Å²) in [6.07, 6.45) is 2.16. The van der Waals surface area contributed by atoms with Gasteiger partial charge in [-0.2, -0.15) is 0 Å². The van der Waals surface area contributed by atoms with Gasteiger partial charge in [0, 0.05) is 12.6 Å². The van der Waals surface area contributed by atoms with Crippen LogP contribution in [0.5, 0.6) is 0 Å². The first-order valence-corrected chi connectivity index (χ1v) is 4.37. The lowest BCUT2D eigenvalue weighted by atomic mass is 10.1.